The van der Waals surface area contributed by atoms with Crippen molar-refractivity contribution in [2.75, 3.05) is 13.7 Å². The minimum absolute atomic E-state index is 0.171. The molecular formula is C10H14N4O3. The molecule has 0 bridgehead atoms. The van der Waals surface area contributed by atoms with Crippen molar-refractivity contribution in [1.82, 2.24) is 14.5 Å². The van der Waals surface area contributed by atoms with Crippen molar-refractivity contribution in [2.24, 2.45) is 12.0 Å². The first-order valence-corrected chi connectivity index (χ1v) is 4.88. The van der Waals surface area contributed by atoms with E-state index in [0.717, 1.165) is 10.6 Å². The molecule has 0 unspecified atom stereocenters. The van der Waals surface area contributed by atoms with Crippen molar-refractivity contribution in [3.63, 3.8) is 0 Å². The van der Waals surface area contributed by atoms with Crippen LogP contribution in [0.1, 0.15) is 5.69 Å². The molecule has 1 rings (SSSR count). The lowest BCUT2D eigenvalue weighted by Crippen LogP contribution is -2.27. The number of aromatic nitrogens is 2. The monoisotopic (exact) mass is 238 g/mol. The first kappa shape index (κ1) is 12.9. The molecule has 1 amide bonds. The van der Waals surface area contributed by atoms with E-state index in [2.05, 4.69) is 14.7 Å². The molecule has 0 atom stereocenters. The molecule has 7 heteroatoms. The number of aliphatic imine (C=N–C) groups is 1. The molecule has 0 aliphatic rings. The van der Waals surface area contributed by atoms with Gasteiger partial charge in [0.25, 0.3) is 0 Å². The first-order valence-electron chi connectivity index (χ1n) is 4.88. The number of amides is 1. The van der Waals surface area contributed by atoms with Crippen molar-refractivity contribution in [2.45, 2.75) is 6.92 Å². The van der Waals surface area contributed by atoms with Gasteiger partial charge in [0.2, 0.25) is 6.41 Å². The summed E-state index contributed by atoms with van der Waals surface area (Å²) in [6.45, 7) is 1.68. The third-order valence-electron chi connectivity index (χ3n) is 2.21. The van der Waals surface area contributed by atoms with Gasteiger partial charge in [-0.2, -0.15) is 0 Å². The number of aryl methyl sites for hydroxylation is 1. The number of nitrogens with zero attached hydrogens (tertiary/aromatic N) is 4. The molecule has 0 spiro atoms. The quantitative estimate of drug-likeness (QED) is 0.313. The molecule has 92 valence electrons. The van der Waals surface area contributed by atoms with E-state index < -0.39 is 5.97 Å². The maximum Gasteiger partial charge on any atom is 0.325 e. The predicted molar refractivity (Wildman–Crippen MR) is 60.9 cm³/mol. The summed E-state index contributed by atoms with van der Waals surface area (Å²) in [5.74, 6) is -0.00879. The summed E-state index contributed by atoms with van der Waals surface area (Å²) in [7, 11) is 3.10. The lowest BCUT2D eigenvalue weighted by Gasteiger charge is -2.08. The molecule has 17 heavy (non-hydrogen) atoms. The van der Waals surface area contributed by atoms with Gasteiger partial charge in [-0.3, -0.25) is 14.5 Å². The van der Waals surface area contributed by atoms with Crippen molar-refractivity contribution in [1.29, 1.82) is 0 Å². The fraction of sp³-hybridized carbons (Fsp3) is 0.400. The largest absolute Gasteiger partial charge is 0.468 e. The Morgan fingerprint density at radius 2 is 2.41 bits per heavy atom. The predicted octanol–water partition coefficient (Wildman–Crippen LogP) is 0.0197. The summed E-state index contributed by atoms with van der Waals surface area (Å²) in [5, 5.41) is 0. The van der Waals surface area contributed by atoms with E-state index in [0.29, 0.717) is 12.2 Å². The van der Waals surface area contributed by atoms with Crippen LogP contribution in [0.15, 0.2) is 11.3 Å². The lowest BCUT2D eigenvalue weighted by molar-refractivity contribution is -0.142. The zero-order valence-electron chi connectivity index (χ0n) is 9.95. The van der Waals surface area contributed by atoms with Gasteiger partial charge < -0.3 is 9.30 Å². The fourth-order valence-electron chi connectivity index (χ4n) is 1.05. The topological polar surface area (TPSA) is 76.8 Å². The van der Waals surface area contributed by atoms with Gasteiger partial charge in [0.05, 0.1) is 19.1 Å². The maximum absolute atomic E-state index is 11.0. The normalized spacial score (nSPS) is 10.5. The number of imidazole rings is 1. The smallest absolute Gasteiger partial charge is 0.325 e. The Kier molecular flexibility index (Phi) is 4.38. The van der Waals surface area contributed by atoms with Gasteiger partial charge in [-0.05, 0) is 6.92 Å². The summed E-state index contributed by atoms with van der Waals surface area (Å²) in [4.78, 5) is 30.8. The fourth-order valence-corrected chi connectivity index (χ4v) is 1.05. The summed E-state index contributed by atoms with van der Waals surface area (Å²) in [6, 6.07) is 0. The second-order valence-corrected chi connectivity index (χ2v) is 3.36. The Labute approximate surface area is 98.7 Å². The van der Waals surface area contributed by atoms with Gasteiger partial charge in [0, 0.05) is 7.05 Å². The number of esters is 1. The van der Waals surface area contributed by atoms with Crippen LogP contribution in [-0.2, 0) is 21.4 Å². The molecule has 7 nitrogen and oxygen atoms in total. The van der Waals surface area contributed by atoms with Gasteiger partial charge in [-0.25, -0.2) is 9.98 Å². The highest BCUT2D eigenvalue weighted by Crippen LogP contribution is 2.13. The molecule has 0 saturated carbocycles. The van der Waals surface area contributed by atoms with Crippen LogP contribution in [0.25, 0.3) is 0 Å². The van der Waals surface area contributed by atoms with Crippen molar-refractivity contribution < 1.29 is 14.3 Å². The van der Waals surface area contributed by atoms with E-state index in [9.17, 15) is 9.59 Å². The van der Waals surface area contributed by atoms with Gasteiger partial charge in [0.15, 0.2) is 5.82 Å². The van der Waals surface area contributed by atoms with Crippen molar-refractivity contribution >= 4 is 24.5 Å². The molecule has 0 aliphatic heterocycles. The number of methoxy groups -OCH3 is 1. The number of hydrogen-bond acceptors (Lipinski definition) is 5. The van der Waals surface area contributed by atoms with Crippen molar-refractivity contribution in [3.05, 3.63) is 12.0 Å². The van der Waals surface area contributed by atoms with E-state index in [4.69, 9.17) is 0 Å². The van der Waals surface area contributed by atoms with Crippen LogP contribution in [0.5, 0.6) is 0 Å². The van der Waals surface area contributed by atoms with E-state index >= 15 is 0 Å². The minimum Gasteiger partial charge on any atom is -0.468 e. The maximum atomic E-state index is 11.0. The molecule has 0 radical (unpaired) electrons. The first-order chi connectivity index (χ1) is 8.08. The zero-order chi connectivity index (χ0) is 12.8. The lowest BCUT2D eigenvalue weighted by atomic mass is 10.5. The summed E-state index contributed by atoms with van der Waals surface area (Å²) >= 11 is 0. The Hall–Kier alpha value is -2.18. The van der Waals surface area contributed by atoms with Crippen LogP contribution >= 0.6 is 0 Å². The number of ether oxygens (including phenoxy) is 1. The minimum atomic E-state index is -0.513. The van der Waals surface area contributed by atoms with Gasteiger partial charge in [-0.1, -0.05) is 0 Å². The molecule has 0 saturated heterocycles. The van der Waals surface area contributed by atoms with Gasteiger partial charge >= 0.3 is 5.97 Å². The molecular weight excluding hydrogens is 224 g/mol. The van der Waals surface area contributed by atoms with E-state index in [-0.39, 0.29) is 6.54 Å². The second kappa shape index (κ2) is 5.78. The highest BCUT2D eigenvalue weighted by Gasteiger charge is 2.07. The Balaban J connectivity index is 2.71. The molecule has 0 aliphatic carbocycles. The molecule has 1 aromatic rings. The summed E-state index contributed by atoms with van der Waals surface area (Å²) in [5.41, 5.74) is 0.866. The standard InChI is InChI=1S/C10H14N4O3/c1-8-10(11-5-13(8)2)12-6-14(7-15)4-9(16)17-3/h5-7H,4H2,1-3H3/b12-6-. The van der Waals surface area contributed by atoms with Crippen LogP contribution < -0.4 is 0 Å². The third-order valence-corrected chi connectivity index (χ3v) is 2.21. The van der Waals surface area contributed by atoms with Gasteiger partial charge in [0.1, 0.15) is 12.9 Å². The van der Waals surface area contributed by atoms with E-state index in [1.165, 1.54) is 13.4 Å². The highest BCUT2D eigenvalue weighted by atomic mass is 16.5. The van der Waals surface area contributed by atoms with Crippen molar-refractivity contribution in [3.8, 4) is 0 Å². The SMILES string of the molecule is COC(=O)CN(C=O)/C=N\c1ncn(C)c1C. The van der Waals surface area contributed by atoms with E-state index in [1.807, 2.05) is 14.0 Å². The number of hydrogen-bond donors (Lipinski definition) is 0. The summed E-state index contributed by atoms with van der Waals surface area (Å²) < 4.78 is 6.25. The van der Waals surface area contributed by atoms with Crippen LogP contribution in [0, 0.1) is 6.92 Å². The molecule has 0 fully saturated rings. The number of carbonyl (C=O) groups is 2. The zero-order valence-corrected chi connectivity index (χ0v) is 9.95. The summed E-state index contributed by atoms with van der Waals surface area (Å²) in [6.07, 6.45) is 3.37. The average Bonchev–Trinajstić information content (AvgIpc) is 2.65. The van der Waals surface area contributed by atoms with Crippen LogP contribution in [-0.4, -0.2) is 46.8 Å². The average molecular weight is 238 g/mol. The Morgan fingerprint density at radius 3 is 2.88 bits per heavy atom. The molecule has 0 N–H and O–H groups in total. The van der Waals surface area contributed by atoms with Crippen LogP contribution in [0.2, 0.25) is 0 Å². The third kappa shape index (κ3) is 3.40. The second-order valence-electron chi connectivity index (χ2n) is 3.36. The Bertz CT molecular complexity index is 439. The molecule has 1 aromatic heterocycles. The van der Waals surface area contributed by atoms with Crippen LogP contribution in [0.3, 0.4) is 0 Å². The molecule has 1 heterocycles. The van der Waals surface area contributed by atoms with E-state index in [1.54, 1.807) is 10.9 Å². The Morgan fingerprint density at radius 1 is 1.71 bits per heavy atom. The molecule has 0 aromatic carbocycles. The number of rotatable bonds is 5. The van der Waals surface area contributed by atoms with Crippen LogP contribution in [0.4, 0.5) is 5.82 Å². The highest BCUT2D eigenvalue weighted by molar-refractivity contribution is 5.82. The van der Waals surface area contributed by atoms with Gasteiger partial charge in [-0.15, -0.1) is 0 Å². The number of carbonyl (C=O) groups excluding carboxylic acids is 2.